The number of aromatic nitrogens is 3. The normalized spacial score (nSPS) is 10.6. The molecular weight excluding hydrogens is 188 g/mol. The van der Waals surface area contributed by atoms with Crippen molar-refractivity contribution < 1.29 is 0 Å². The molecule has 0 saturated carbocycles. The second-order valence-electron chi connectivity index (χ2n) is 3.67. The Morgan fingerprint density at radius 1 is 1.13 bits per heavy atom. The van der Waals surface area contributed by atoms with Crippen LogP contribution in [0.3, 0.4) is 0 Å². The molecular formula is C11H14N4. The maximum atomic E-state index is 5.62. The third-order valence-electron chi connectivity index (χ3n) is 2.41. The van der Waals surface area contributed by atoms with E-state index in [9.17, 15) is 0 Å². The summed E-state index contributed by atoms with van der Waals surface area (Å²) in [6.07, 6.45) is 2.00. The first-order valence-electron chi connectivity index (χ1n) is 4.81. The highest BCUT2D eigenvalue weighted by Gasteiger charge is 2.09. The van der Waals surface area contributed by atoms with Crippen molar-refractivity contribution in [2.24, 2.45) is 7.05 Å². The van der Waals surface area contributed by atoms with Gasteiger partial charge in [-0.25, -0.2) is 4.98 Å². The lowest BCUT2D eigenvalue weighted by Crippen LogP contribution is -1.94. The van der Waals surface area contributed by atoms with Crippen LogP contribution in [0.25, 0.3) is 11.1 Å². The van der Waals surface area contributed by atoms with E-state index in [-0.39, 0.29) is 0 Å². The number of anilines is 1. The van der Waals surface area contributed by atoms with Gasteiger partial charge in [0, 0.05) is 30.1 Å². The number of aryl methyl sites for hydroxylation is 3. The van der Waals surface area contributed by atoms with Gasteiger partial charge in [-0.2, -0.15) is 5.10 Å². The van der Waals surface area contributed by atoms with Crippen LogP contribution in [0.4, 0.5) is 5.82 Å². The first-order chi connectivity index (χ1) is 7.08. The lowest BCUT2D eigenvalue weighted by Gasteiger charge is -2.03. The summed E-state index contributed by atoms with van der Waals surface area (Å²) in [5, 5.41) is 4.31. The maximum absolute atomic E-state index is 5.62. The number of nitrogens with two attached hydrogens (primary N) is 1. The first-order valence-corrected chi connectivity index (χ1v) is 4.81. The minimum atomic E-state index is 0.554. The van der Waals surface area contributed by atoms with E-state index < -0.39 is 0 Å². The number of pyridine rings is 1. The zero-order chi connectivity index (χ0) is 11.0. The monoisotopic (exact) mass is 202 g/mol. The van der Waals surface area contributed by atoms with Gasteiger partial charge in [-0.3, -0.25) is 4.68 Å². The van der Waals surface area contributed by atoms with Crippen LogP contribution in [0.15, 0.2) is 18.3 Å². The summed E-state index contributed by atoms with van der Waals surface area (Å²) in [5.74, 6) is 0.554. The van der Waals surface area contributed by atoms with Gasteiger partial charge in [0.25, 0.3) is 0 Å². The van der Waals surface area contributed by atoms with Crippen molar-refractivity contribution in [3.8, 4) is 11.1 Å². The molecule has 0 aliphatic rings. The van der Waals surface area contributed by atoms with Crippen LogP contribution in [0.1, 0.15) is 11.4 Å². The lowest BCUT2D eigenvalue weighted by atomic mass is 10.1. The molecule has 0 aromatic carbocycles. The Hall–Kier alpha value is -1.84. The summed E-state index contributed by atoms with van der Waals surface area (Å²) in [6.45, 7) is 3.95. The van der Waals surface area contributed by atoms with Crippen molar-refractivity contribution in [3.05, 3.63) is 29.7 Å². The van der Waals surface area contributed by atoms with Crippen molar-refractivity contribution in [1.82, 2.24) is 14.8 Å². The average molecular weight is 202 g/mol. The highest BCUT2D eigenvalue weighted by molar-refractivity contribution is 5.68. The van der Waals surface area contributed by atoms with Gasteiger partial charge < -0.3 is 5.73 Å². The molecule has 0 aliphatic carbocycles. The molecule has 0 unspecified atom stereocenters. The minimum absolute atomic E-state index is 0.554. The quantitative estimate of drug-likeness (QED) is 0.765. The highest BCUT2D eigenvalue weighted by Crippen LogP contribution is 2.25. The molecule has 0 fully saturated rings. The molecule has 4 heteroatoms. The molecule has 0 atom stereocenters. The van der Waals surface area contributed by atoms with Gasteiger partial charge in [-0.05, 0) is 26.0 Å². The van der Waals surface area contributed by atoms with E-state index in [0.717, 1.165) is 22.5 Å². The van der Waals surface area contributed by atoms with Crippen molar-refractivity contribution in [2.45, 2.75) is 13.8 Å². The van der Waals surface area contributed by atoms with E-state index in [1.54, 1.807) is 4.68 Å². The molecule has 78 valence electrons. The predicted molar refractivity (Wildman–Crippen MR) is 60.3 cm³/mol. The molecule has 2 aromatic rings. The summed E-state index contributed by atoms with van der Waals surface area (Å²) in [6, 6.07) is 3.80. The minimum Gasteiger partial charge on any atom is -0.384 e. The Labute approximate surface area is 88.8 Å². The molecule has 0 radical (unpaired) electrons. The highest BCUT2D eigenvalue weighted by atomic mass is 15.2. The van der Waals surface area contributed by atoms with Crippen LogP contribution in [-0.2, 0) is 7.05 Å². The first kappa shape index (κ1) is 9.71. The van der Waals surface area contributed by atoms with Crippen LogP contribution in [0.5, 0.6) is 0 Å². The Bertz CT molecular complexity index is 499. The number of rotatable bonds is 1. The maximum Gasteiger partial charge on any atom is 0.123 e. The Kier molecular flexibility index (Phi) is 2.19. The van der Waals surface area contributed by atoms with Gasteiger partial charge in [0.15, 0.2) is 0 Å². The van der Waals surface area contributed by atoms with E-state index in [1.165, 1.54) is 0 Å². The predicted octanol–water partition coefficient (Wildman–Crippen LogP) is 1.68. The summed E-state index contributed by atoms with van der Waals surface area (Å²) >= 11 is 0. The summed E-state index contributed by atoms with van der Waals surface area (Å²) < 4.78 is 1.81. The lowest BCUT2D eigenvalue weighted by molar-refractivity contribution is 0.756. The number of hydrogen-bond acceptors (Lipinski definition) is 3. The molecule has 2 aromatic heterocycles. The fourth-order valence-electron chi connectivity index (χ4n) is 1.73. The van der Waals surface area contributed by atoms with E-state index in [0.29, 0.717) is 5.82 Å². The Morgan fingerprint density at radius 3 is 2.40 bits per heavy atom. The van der Waals surface area contributed by atoms with Gasteiger partial charge in [0.05, 0.1) is 5.69 Å². The number of hydrogen-bond donors (Lipinski definition) is 1. The third kappa shape index (κ3) is 1.70. The summed E-state index contributed by atoms with van der Waals surface area (Å²) in [4.78, 5) is 4.24. The standard InChI is InChI=1S/C11H14N4/c1-7-9(4-5-11(12)13-7)10-6-15(3)14-8(10)2/h4-6H,1-3H3,(H2,12,13). The SMILES string of the molecule is Cc1nc(N)ccc1-c1cn(C)nc1C. The Balaban J connectivity index is 2.59. The second kappa shape index (κ2) is 3.38. The molecule has 4 nitrogen and oxygen atoms in total. The van der Waals surface area contributed by atoms with Crippen molar-refractivity contribution in [3.63, 3.8) is 0 Å². The summed E-state index contributed by atoms with van der Waals surface area (Å²) in [5.41, 5.74) is 9.77. The zero-order valence-electron chi connectivity index (χ0n) is 9.15. The van der Waals surface area contributed by atoms with Gasteiger partial charge in [-0.15, -0.1) is 0 Å². The fourth-order valence-corrected chi connectivity index (χ4v) is 1.73. The van der Waals surface area contributed by atoms with Crippen LogP contribution < -0.4 is 5.73 Å². The largest absolute Gasteiger partial charge is 0.384 e. The van der Waals surface area contributed by atoms with E-state index in [1.807, 2.05) is 39.2 Å². The van der Waals surface area contributed by atoms with Crippen LogP contribution >= 0.6 is 0 Å². The second-order valence-corrected chi connectivity index (χ2v) is 3.67. The zero-order valence-corrected chi connectivity index (χ0v) is 9.15. The molecule has 0 spiro atoms. The summed E-state index contributed by atoms with van der Waals surface area (Å²) in [7, 11) is 1.91. The van der Waals surface area contributed by atoms with Gasteiger partial charge >= 0.3 is 0 Å². The molecule has 0 saturated heterocycles. The van der Waals surface area contributed by atoms with E-state index in [4.69, 9.17) is 5.73 Å². The Morgan fingerprint density at radius 2 is 1.87 bits per heavy atom. The topological polar surface area (TPSA) is 56.7 Å². The molecule has 2 N–H and O–H groups in total. The molecule has 2 heterocycles. The van der Waals surface area contributed by atoms with E-state index >= 15 is 0 Å². The van der Waals surface area contributed by atoms with Crippen molar-refractivity contribution in [1.29, 1.82) is 0 Å². The third-order valence-corrected chi connectivity index (χ3v) is 2.41. The van der Waals surface area contributed by atoms with Crippen LogP contribution in [0, 0.1) is 13.8 Å². The van der Waals surface area contributed by atoms with Crippen LogP contribution in [-0.4, -0.2) is 14.8 Å². The van der Waals surface area contributed by atoms with Gasteiger partial charge in [0.1, 0.15) is 5.82 Å². The van der Waals surface area contributed by atoms with Gasteiger partial charge in [-0.1, -0.05) is 0 Å². The molecule has 0 bridgehead atoms. The molecule has 0 aliphatic heterocycles. The van der Waals surface area contributed by atoms with Crippen LogP contribution in [0.2, 0.25) is 0 Å². The molecule has 15 heavy (non-hydrogen) atoms. The average Bonchev–Trinajstić information content (AvgIpc) is 2.45. The molecule has 0 amide bonds. The number of nitrogen functional groups attached to an aromatic ring is 1. The number of nitrogens with zero attached hydrogens (tertiary/aromatic N) is 3. The smallest absolute Gasteiger partial charge is 0.123 e. The fraction of sp³-hybridized carbons (Fsp3) is 0.273. The van der Waals surface area contributed by atoms with Crippen molar-refractivity contribution in [2.75, 3.05) is 5.73 Å². The van der Waals surface area contributed by atoms with Crippen molar-refractivity contribution >= 4 is 5.82 Å². The molecule has 2 rings (SSSR count). The van der Waals surface area contributed by atoms with E-state index in [2.05, 4.69) is 10.1 Å². The van der Waals surface area contributed by atoms with Gasteiger partial charge in [0.2, 0.25) is 0 Å².